The van der Waals surface area contributed by atoms with Crippen molar-refractivity contribution in [3.63, 3.8) is 0 Å². The Hall–Kier alpha value is -2.00. The Balaban J connectivity index is 0.00000242. The normalized spacial score (nSPS) is 9.86. The maximum atomic E-state index is 12.3. The molecule has 0 aliphatic carbocycles. The number of rotatable bonds is 6. The van der Waals surface area contributed by atoms with E-state index in [1.54, 1.807) is 0 Å². The van der Waals surface area contributed by atoms with Gasteiger partial charge in [0.2, 0.25) is 5.91 Å². The Morgan fingerprint density at radius 3 is 2.23 bits per heavy atom. The molecule has 0 fully saturated rings. The van der Waals surface area contributed by atoms with Crippen molar-refractivity contribution in [3.05, 3.63) is 65.7 Å². The molecule has 2 aromatic carbocycles. The van der Waals surface area contributed by atoms with Gasteiger partial charge in [-0.25, -0.2) is 0 Å². The van der Waals surface area contributed by atoms with Crippen molar-refractivity contribution in [2.24, 2.45) is 0 Å². The molecule has 2 aromatic rings. The minimum absolute atomic E-state index is 0. The predicted molar refractivity (Wildman–Crippen MR) is 94.2 cm³/mol. The van der Waals surface area contributed by atoms with E-state index in [1.807, 2.05) is 54.3 Å². The van der Waals surface area contributed by atoms with E-state index >= 15 is 0 Å². The molecule has 118 valence electrons. The fourth-order valence-electron chi connectivity index (χ4n) is 2.29. The molecular weight excluding hydrogens is 296 g/mol. The van der Waals surface area contributed by atoms with Crippen LogP contribution in [0.4, 0.5) is 5.69 Å². The van der Waals surface area contributed by atoms with Crippen LogP contribution < -0.4 is 5.73 Å². The number of hydrogen-bond acceptors (Lipinski definition) is 2. The Labute approximate surface area is 138 Å². The summed E-state index contributed by atoms with van der Waals surface area (Å²) in [5.74, 6) is 0.165. The van der Waals surface area contributed by atoms with Gasteiger partial charge in [-0.3, -0.25) is 4.79 Å². The summed E-state index contributed by atoms with van der Waals surface area (Å²) in [7, 11) is 0. The molecule has 3 nitrogen and oxygen atoms in total. The Morgan fingerprint density at radius 1 is 1.00 bits per heavy atom. The van der Waals surface area contributed by atoms with Gasteiger partial charge in [0.05, 0.1) is 6.42 Å². The molecule has 0 saturated carbocycles. The van der Waals surface area contributed by atoms with Gasteiger partial charge in [-0.1, -0.05) is 42.5 Å². The van der Waals surface area contributed by atoms with Crippen LogP contribution in [0.15, 0.2) is 54.6 Å². The third-order valence-electron chi connectivity index (χ3n) is 3.58. The molecule has 0 radical (unpaired) electrons. The van der Waals surface area contributed by atoms with Crippen molar-refractivity contribution >= 4 is 24.0 Å². The quantitative estimate of drug-likeness (QED) is 0.830. The third kappa shape index (κ3) is 5.41. The molecule has 0 heterocycles. The summed E-state index contributed by atoms with van der Waals surface area (Å²) in [5, 5.41) is 0. The lowest BCUT2D eigenvalue weighted by Gasteiger charge is -2.21. The molecule has 0 aromatic heterocycles. The maximum Gasteiger partial charge on any atom is 0.226 e. The Bertz CT molecular complexity index is 569. The molecule has 2 N–H and O–H groups in total. The second kappa shape index (κ2) is 9.11. The largest absolute Gasteiger partial charge is 0.399 e. The van der Waals surface area contributed by atoms with E-state index in [0.717, 1.165) is 30.8 Å². The highest BCUT2D eigenvalue weighted by Gasteiger charge is 2.12. The van der Waals surface area contributed by atoms with Gasteiger partial charge in [0, 0.05) is 18.8 Å². The van der Waals surface area contributed by atoms with Gasteiger partial charge in [-0.2, -0.15) is 0 Å². The number of halogens is 1. The molecule has 0 bridgehead atoms. The van der Waals surface area contributed by atoms with Crippen molar-refractivity contribution < 1.29 is 4.79 Å². The van der Waals surface area contributed by atoms with Gasteiger partial charge in [0.15, 0.2) is 0 Å². The number of nitrogens with two attached hydrogens (primary N) is 1. The number of nitrogens with zero attached hydrogens (tertiary/aromatic N) is 1. The fraction of sp³-hybridized carbons (Fsp3) is 0.278. The number of benzene rings is 2. The van der Waals surface area contributed by atoms with Gasteiger partial charge < -0.3 is 10.6 Å². The average molecular weight is 319 g/mol. The van der Waals surface area contributed by atoms with Crippen LogP contribution in [-0.2, 0) is 17.6 Å². The van der Waals surface area contributed by atoms with E-state index in [9.17, 15) is 4.79 Å². The number of anilines is 1. The molecule has 0 aliphatic heterocycles. The minimum atomic E-state index is 0. The highest BCUT2D eigenvalue weighted by atomic mass is 35.5. The summed E-state index contributed by atoms with van der Waals surface area (Å²) in [6, 6.07) is 17.8. The Morgan fingerprint density at radius 2 is 1.64 bits per heavy atom. The van der Waals surface area contributed by atoms with Crippen molar-refractivity contribution in [1.29, 1.82) is 0 Å². The summed E-state index contributed by atoms with van der Waals surface area (Å²) in [6.45, 7) is 3.51. The maximum absolute atomic E-state index is 12.3. The van der Waals surface area contributed by atoms with E-state index < -0.39 is 0 Å². The van der Waals surface area contributed by atoms with Crippen LogP contribution in [0.5, 0.6) is 0 Å². The number of hydrogen-bond donors (Lipinski definition) is 1. The van der Waals surface area contributed by atoms with Crippen molar-refractivity contribution in [1.82, 2.24) is 4.90 Å². The first-order chi connectivity index (χ1) is 10.2. The molecule has 0 aliphatic rings. The lowest BCUT2D eigenvalue weighted by Crippen LogP contribution is -2.33. The molecule has 0 saturated heterocycles. The van der Waals surface area contributed by atoms with Crippen LogP contribution in [0.3, 0.4) is 0 Å². The van der Waals surface area contributed by atoms with E-state index in [-0.39, 0.29) is 18.3 Å². The van der Waals surface area contributed by atoms with Crippen LogP contribution in [0.2, 0.25) is 0 Å². The second-order valence-corrected chi connectivity index (χ2v) is 5.13. The number of carbonyl (C=O) groups excluding carboxylic acids is 1. The van der Waals surface area contributed by atoms with Gasteiger partial charge in [0.1, 0.15) is 0 Å². The predicted octanol–water partition coefficient (Wildman–Crippen LogP) is 3.32. The monoisotopic (exact) mass is 318 g/mol. The zero-order valence-corrected chi connectivity index (χ0v) is 13.7. The van der Waals surface area contributed by atoms with E-state index in [2.05, 4.69) is 12.1 Å². The summed E-state index contributed by atoms with van der Waals surface area (Å²) < 4.78 is 0. The number of carbonyl (C=O) groups is 1. The second-order valence-electron chi connectivity index (χ2n) is 5.13. The average Bonchev–Trinajstić information content (AvgIpc) is 2.51. The minimum Gasteiger partial charge on any atom is -0.399 e. The van der Waals surface area contributed by atoms with Gasteiger partial charge >= 0.3 is 0 Å². The van der Waals surface area contributed by atoms with E-state index in [0.29, 0.717) is 6.42 Å². The molecule has 0 unspecified atom stereocenters. The molecule has 1 amide bonds. The van der Waals surface area contributed by atoms with Crippen LogP contribution in [0, 0.1) is 0 Å². The first-order valence-electron chi connectivity index (χ1n) is 7.35. The summed E-state index contributed by atoms with van der Waals surface area (Å²) >= 11 is 0. The first-order valence-corrected chi connectivity index (χ1v) is 7.35. The van der Waals surface area contributed by atoms with Crippen molar-refractivity contribution in [2.45, 2.75) is 19.8 Å². The summed E-state index contributed by atoms with van der Waals surface area (Å²) in [6.07, 6.45) is 1.32. The molecular formula is C18H23ClN2O. The SMILES string of the molecule is CCN(CCc1ccccc1)C(=O)Cc1ccc(N)cc1.Cl. The highest BCUT2D eigenvalue weighted by Crippen LogP contribution is 2.08. The number of nitrogen functional groups attached to an aromatic ring is 1. The molecule has 2 rings (SSSR count). The van der Waals surface area contributed by atoms with E-state index in [1.165, 1.54) is 5.56 Å². The van der Waals surface area contributed by atoms with Crippen LogP contribution in [0.1, 0.15) is 18.1 Å². The van der Waals surface area contributed by atoms with Crippen LogP contribution in [0.25, 0.3) is 0 Å². The smallest absolute Gasteiger partial charge is 0.226 e. The van der Waals surface area contributed by atoms with Gasteiger partial charge in [-0.05, 0) is 36.6 Å². The summed E-state index contributed by atoms with van der Waals surface area (Å²) in [5.41, 5.74) is 8.65. The molecule has 0 spiro atoms. The zero-order valence-electron chi connectivity index (χ0n) is 12.9. The molecule has 4 heteroatoms. The van der Waals surface area contributed by atoms with Gasteiger partial charge in [-0.15, -0.1) is 12.4 Å². The first kappa shape index (κ1) is 18.1. The molecule has 0 atom stereocenters. The van der Waals surface area contributed by atoms with Gasteiger partial charge in [0.25, 0.3) is 0 Å². The number of likely N-dealkylation sites (N-methyl/N-ethyl adjacent to an activating group) is 1. The lowest BCUT2D eigenvalue weighted by molar-refractivity contribution is -0.130. The number of amides is 1. The lowest BCUT2D eigenvalue weighted by atomic mass is 10.1. The standard InChI is InChI=1S/C18H22N2O.ClH/c1-2-20(13-12-15-6-4-3-5-7-15)18(21)14-16-8-10-17(19)11-9-16;/h3-11H,2,12-14,19H2,1H3;1H. The topological polar surface area (TPSA) is 46.3 Å². The van der Waals surface area contributed by atoms with Crippen LogP contribution >= 0.6 is 12.4 Å². The van der Waals surface area contributed by atoms with Crippen molar-refractivity contribution in [2.75, 3.05) is 18.8 Å². The zero-order chi connectivity index (χ0) is 15.1. The van der Waals surface area contributed by atoms with Crippen molar-refractivity contribution in [3.8, 4) is 0 Å². The third-order valence-corrected chi connectivity index (χ3v) is 3.58. The fourth-order valence-corrected chi connectivity index (χ4v) is 2.29. The molecule has 22 heavy (non-hydrogen) atoms. The van der Waals surface area contributed by atoms with Crippen LogP contribution in [-0.4, -0.2) is 23.9 Å². The Kier molecular flexibility index (Phi) is 7.47. The summed E-state index contributed by atoms with van der Waals surface area (Å²) in [4.78, 5) is 14.3. The van der Waals surface area contributed by atoms with E-state index in [4.69, 9.17) is 5.73 Å². The highest BCUT2D eigenvalue weighted by molar-refractivity contribution is 5.85.